The fourth-order valence-electron chi connectivity index (χ4n) is 4.56. The first-order valence-electron chi connectivity index (χ1n) is 7.61. The molecule has 2 aromatic carbocycles. The Bertz CT molecular complexity index is 698. The molecule has 1 aromatic heterocycles. The lowest BCUT2D eigenvalue weighted by Gasteiger charge is -2.46. The molecule has 0 atom stereocenters. The molecule has 1 heterocycles. The third-order valence-electron chi connectivity index (χ3n) is 5.36. The Morgan fingerprint density at radius 3 is 1.38 bits per heavy atom. The molecule has 21 heavy (non-hydrogen) atoms. The minimum atomic E-state index is 0.577. The second-order valence-corrected chi connectivity index (χ2v) is 6.21. The maximum atomic E-state index is 5.46. The number of hydrogen-bond acceptors (Lipinski definition) is 1. The van der Waals surface area contributed by atoms with E-state index in [-0.39, 0.29) is 0 Å². The van der Waals surface area contributed by atoms with E-state index in [1.807, 2.05) is 12.5 Å². The first kappa shape index (κ1) is 11.4. The fraction of sp³-hybridized carbons (Fsp3) is 0.200. The highest BCUT2D eigenvalue weighted by molar-refractivity contribution is 5.56. The number of rotatable bonds is 2. The summed E-state index contributed by atoms with van der Waals surface area (Å²) in [5, 5.41) is 0. The quantitative estimate of drug-likeness (QED) is 0.637. The van der Waals surface area contributed by atoms with Crippen LogP contribution in [0, 0.1) is 0 Å². The van der Waals surface area contributed by atoms with Crippen molar-refractivity contribution in [2.75, 3.05) is 0 Å². The largest absolute Gasteiger partial charge is 0.472 e. The second-order valence-electron chi connectivity index (χ2n) is 6.21. The molecule has 0 saturated heterocycles. The molecule has 1 heteroatoms. The van der Waals surface area contributed by atoms with Crippen LogP contribution in [0.2, 0.25) is 0 Å². The van der Waals surface area contributed by atoms with Crippen LogP contribution >= 0.6 is 0 Å². The highest BCUT2D eigenvalue weighted by Gasteiger charge is 2.60. The van der Waals surface area contributed by atoms with Crippen molar-refractivity contribution < 1.29 is 4.42 Å². The molecule has 1 saturated carbocycles. The Morgan fingerprint density at radius 1 is 0.524 bits per heavy atom. The first-order valence-corrected chi connectivity index (χ1v) is 7.61. The van der Waals surface area contributed by atoms with Gasteiger partial charge in [0.1, 0.15) is 0 Å². The van der Waals surface area contributed by atoms with Crippen LogP contribution in [0.25, 0.3) is 0 Å². The molecule has 3 aromatic rings. The van der Waals surface area contributed by atoms with Crippen molar-refractivity contribution in [3.8, 4) is 0 Å². The molecule has 0 radical (unpaired) electrons. The zero-order valence-electron chi connectivity index (χ0n) is 11.6. The van der Waals surface area contributed by atoms with Gasteiger partial charge in [0.2, 0.25) is 0 Å². The summed E-state index contributed by atoms with van der Waals surface area (Å²) in [4.78, 5) is 0. The summed E-state index contributed by atoms with van der Waals surface area (Å²) in [6.07, 6.45) is 3.94. The Kier molecular flexibility index (Phi) is 2.23. The molecule has 6 rings (SSSR count). The van der Waals surface area contributed by atoms with Gasteiger partial charge in [0, 0.05) is 11.8 Å². The van der Waals surface area contributed by atoms with E-state index >= 15 is 0 Å². The van der Waals surface area contributed by atoms with E-state index in [0.717, 1.165) is 0 Å². The van der Waals surface area contributed by atoms with Gasteiger partial charge in [0.15, 0.2) is 0 Å². The van der Waals surface area contributed by atoms with Crippen molar-refractivity contribution in [1.29, 1.82) is 0 Å². The minimum absolute atomic E-state index is 0.577. The molecular formula is C20H16O. The molecule has 0 amide bonds. The molecule has 102 valence electrons. The Labute approximate surface area is 124 Å². The third-order valence-corrected chi connectivity index (χ3v) is 5.36. The van der Waals surface area contributed by atoms with E-state index in [4.69, 9.17) is 4.42 Å². The third kappa shape index (κ3) is 1.41. The van der Waals surface area contributed by atoms with Gasteiger partial charge in [-0.05, 0) is 34.1 Å². The van der Waals surface area contributed by atoms with Gasteiger partial charge >= 0.3 is 0 Å². The SMILES string of the molecule is c1ccc(C2C3c4cocc4C2C3c2ccccc2)cc1. The normalized spacial score (nSPS) is 29.0. The van der Waals surface area contributed by atoms with Crippen molar-refractivity contribution >= 4 is 0 Å². The number of benzene rings is 2. The van der Waals surface area contributed by atoms with Crippen LogP contribution in [-0.4, -0.2) is 0 Å². The molecule has 0 N–H and O–H groups in total. The van der Waals surface area contributed by atoms with Gasteiger partial charge in [-0.1, -0.05) is 60.7 Å². The van der Waals surface area contributed by atoms with Crippen LogP contribution in [-0.2, 0) is 0 Å². The molecule has 0 spiro atoms. The highest BCUT2D eigenvalue weighted by Crippen LogP contribution is 2.73. The van der Waals surface area contributed by atoms with Crippen molar-refractivity contribution in [3.63, 3.8) is 0 Å². The molecule has 1 nitrogen and oxygen atoms in total. The maximum absolute atomic E-state index is 5.46. The zero-order valence-corrected chi connectivity index (χ0v) is 11.6. The van der Waals surface area contributed by atoms with Crippen LogP contribution in [0.15, 0.2) is 77.6 Å². The molecule has 3 aliphatic carbocycles. The zero-order chi connectivity index (χ0) is 13.8. The maximum Gasteiger partial charge on any atom is 0.0940 e. The fourth-order valence-corrected chi connectivity index (χ4v) is 4.56. The van der Waals surface area contributed by atoms with E-state index < -0.39 is 0 Å². The highest BCUT2D eigenvalue weighted by atomic mass is 16.3. The van der Waals surface area contributed by atoms with Gasteiger partial charge in [-0.2, -0.15) is 0 Å². The first-order chi connectivity index (χ1) is 10.4. The van der Waals surface area contributed by atoms with Crippen LogP contribution in [0.4, 0.5) is 0 Å². The van der Waals surface area contributed by atoms with Crippen LogP contribution in [0.1, 0.15) is 45.9 Å². The van der Waals surface area contributed by atoms with E-state index in [2.05, 4.69) is 60.7 Å². The Balaban J connectivity index is 1.60. The summed E-state index contributed by atoms with van der Waals surface area (Å²) in [6, 6.07) is 21.9. The van der Waals surface area contributed by atoms with Crippen molar-refractivity contribution in [3.05, 3.63) is 95.4 Å². The Hall–Kier alpha value is -2.28. The van der Waals surface area contributed by atoms with E-state index in [1.165, 1.54) is 22.3 Å². The van der Waals surface area contributed by atoms with Crippen LogP contribution in [0.5, 0.6) is 0 Å². The summed E-state index contributed by atoms with van der Waals surface area (Å²) in [5.41, 5.74) is 5.80. The van der Waals surface area contributed by atoms with Gasteiger partial charge in [-0.15, -0.1) is 0 Å². The second kappa shape index (κ2) is 4.11. The summed E-state index contributed by atoms with van der Waals surface area (Å²) >= 11 is 0. The molecule has 0 unspecified atom stereocenters. The lowest BCUT2D eigenvalue weighted by Crippen LogP contribution is -2.32. The van der Waals surface area contributed by atoms with Gasteiger partial charge in [-0.3, -0.25) is 0 Å². The predicted molar refractivity (Wildman–Crippen MR) is 82.6 cm³/mol. The summed E-state index contributed by atoms with van der Waals surface area (Å²) in [7, 11) is 0. The molecule has 0 aliphatic heterocycles. The standard InChI is InChI=1S/C20H16O/c1-3-7-13(8-4-1)17-19-15-11-21-12-16(15)20(17)18(19)14-9-5-2-6-10-14/h1-12,17-20H. The predicted octanol–water partition coefficient (Wildman–Crippen LogP) is 5.04. The van der Waals surface area contributed by atoms with Crippen molar-refractivity contribution in [1.82, 2.24) is 0 Å². The van der Waals surface area contributed by atoms with Gasteiger partial charge in [0.05, 0.1) is 12.5 Å². The number of furan rings is 1. The topological polar surface area (TPSA) is 13.1 Å². The van der Waals surface area contributed by atoms with Crippen molar-refractivity contribution in [2.45, 2.75) is 23.7 Å². The average molecular weight is 272 g/mol. The van der Waals surface area contributed by atoms with Crippen LogP contribution < -0.4 is 0 Å². The molecule has 2 bridgehead atoms. The van der Waals surface area contributed by atoms with E-state index in [1.54, 1.807) is 0 Å². The summed E-state index contributed by atoms with van der Waals surface area (Å²) in [6.45, 7) is 0. The molecule has 3 aliphatic rings. The smallest absolute Gasteiger partial charge is 0.0940 e. The van der Waals surface area contributed by atoms with E-state index in [0.29, 0.717) is 23.7 Å². The van der Waals surface area contributed by atoms with Gasteiger partial charge < -0.3 is 4.42 Å². The van der Waals surface area contributed by atoms with Crippen molar-refractivity contribution in [2.24, 2.45) is 0 Å². The minimum Gasteiger partial charge on any atom is -0.472 e. The van der Waals surface area contributed by atoms with Gasteiger partial charge in [-0.25, -0.2) is 0 Å². The average Bonchev–Trinajstić information content (AvgIpc) is 3.15. The number of hydrogen-bond donors (Lipinski definition) is 0. The van der Waals surface area contributed by atoms with Gasteiger partial charge in [0.25, 0.3) is 0 Å². The monoisotopic (exact) mass is 272 g/mol. The lowest BCUT2D eigenvalue weighted by atomic mass is 9.57. The summed E-state index contributed by atoms with van der Waals surface area (Å²) in [5.74, 6) is 2.40. The Morgan fingerprint density at radius 2 is 0.952 bits per heavy atom. The molecule has 1 fully saturated rings. The van der Waals surface area contributed by atoms with Crippen LogP contribution in [0.3, 0.4) is 0 Å². The molecular weight excluding hydrogens is 256 g/mol. The van der Waals surface area contributed by atoms with E-state index in [9.17, 15) is 0 Å². The lowest BCUT2D eigenvalue weighted by molar-refractivity contribution is 0.264. The summed E-state index contributed by atoms with van der Waals surface area (Å²) < 4.78 is 5.46.